The molecule has 8 heavy (non-hydrogen) atoms. The second kappa shape index (κ2) is 121. The molecule has 0 atom stereocenters. The molecule has 0 aliphatic rings. The molecule has 0 aromatic heterocycles. The van der Waals surface area contributed by atoms with Gasteiger partial charge in [0.25, 0.3) is 0 Å². The predicted molar refractivity (Wildman–Crippen MR) is 0 cm³/mol. The second-order valence-electron chi connectivity index (χ2n) is 0. The fourth-order valence-corrected chi connectivity index (χ4v) is 0. The molecule has 1 radical (unpaired) electrons. The number of halogens is 6. The van der Waals surface area contributed by atoms with E-state index in [0.717, 1.165) is 0 Å². The van der Waals surface area contributed by atoms with Crippen LogP contribution < -0.4 is 28.2 Å². The average Bonchev–Trinajstić information content (AvgIpc) is 0. The fraction of sp³-hybridized carbons (Fsp3) is 0. The van der Waals surface area contributed by atoms with Gasteiger partial charge in [-0.25, -0.2) is 0 Å². The molecule has 0 unspecified atom stereocenters. The van der Waals surface area contributed by atoms with Crippen molar-refractivity contribution in [2.24, 2.45) is 0 Å². The molecule has 0 fully saturated rings. The Morgan fingerprint density at radius 2 is 0.375 bits per heavy atom. The minimum absolute atomic E-state index is 0. The SMILES string of the molecule is [F-].[F-].[F-].[F-].[F-].[F-].[La+3].[Yb+3]. The van der Waals surface area contributed by atoms with E-state index in [1.165, 1.54) is 0 Å². The van der Waals surface area contributed by atoms with Crippen molar-refractivity contribution in [1.29, 1.82) is 0 Å². The van der Waals surface area contributed by atoms with Crippen molar-refractivity contribution in [1.82, 2.24) is 0 Å². The van der Waals surface area contributed by atoms with Crippen molar-refractivity contribution < 1.29 is 111 Å². The minimum Gasteiger partial charge on any atom is -1.00 e. The zero-order chi connectivity index (χ0) is 0. The Hall–Kier alpha value is 2.29. The first kappa shape index (κ1) is 169. The first-order valence-electron chi connectivity index (χ1n) is 0. The van der Waals surface area contributed by atoms with E-state index in [-0.39, 0.29) is 111 Å². The van der Waals surface area contributed by atoms with Crippen molar-refractivity contribution in [3.8, 4) is 0 Å². The van der Waals surface area contributed by atoms with Gasteiger partial charge in [-0.05, 0) is 0 Å². The standard InChI is InChI=1S/6FH.La.Yb/h6*1H;;/q;;;;;;2*+3/p-6. The van der Waals surface area contributed by atoms with Gasteiger partial charge in [-0.15, -0.1) is 0 Å². The summed E-state index contributed by atoms with van der Waals surface area (Å²) in [6, 6.07) is 0. The van der Waals surface area contributed by atoms with E-state index in [0.29, 0.717) is 0 Å². The third-order valence-corrected chi connectivity index (χ3v) is 0. The first-order chi connectivity index (χ1) is 0. The van der Waals surface area contributed by atoms with Gasteiger partial charge in [-0.2, -0.15) is 0 Å². The monoisotopic (exact) mass is 427 g/mol. The van der Waals surface area contributed by atoms with Gasteiger partial charge in [0.2, 0.25) is 0 Å². The van der Waals surface area contributed by atoms with Crippen LogP contribution in [0.25, 0.3) is 0 Å². The molecule has 0 nitrogen and oxygen atoms in total. The second-order valence-corrected chi connectivity index (χ2v) is 0. The molecule has 0 spiro atoms. The van der Waals surface area contributed by atoms with E-state index >= 15 is 0 Å². The summed E-state index contributed by atoms with van der Waals surface area (Å²) in [4.78, 5) is 0. The van der Waals surface area contributed by atoms with E-state index in [4.69, 9.17) is 0 Å². The molecule has 0 bridgehead atoms. The third kappa shape index (κ3) is 83.8. The smallest absolute Gasteiger partial charge is 1.00 e. The Labute approximate surface area is 109 Å². The summed E-state index contributed by atoms with van der Waals surface area (Å²) in [5.74, 6) is 0. The Morgan fingerprint density at radius 1 is 0.375 bits per heavy atom. The number of hydrogen-bond acceptors (Lipinski definition) is 0. The Morgan fingerprint density at radius 3 is 0.375 bits per heavy atom. The van der Waals surface area contributed by atoms with E-state index in [2.05, 4.69) is 0 Å². The Kier molecular flexibility index (Phi) is 2570. The maximum absolute atomic E-state index is 0. The zero-order valence-electron chi connectivity index (χ0n) is 3.11. The molecular weight excluding hydrogens is 426 g/mol. The molecule has 0 aromatic carbocycles. The molecule has 0 aliphatic carbocycles. The van der Waals surface area contributed by atoms with E-state index in [1.54, 1.807) is 0 Å². The molecule has 59 valence electrons. The largest absolute Gasteiger partial charge is 3.00 e. The van der Waals surface area contributed by atoms with Gasteiger partial charge < -0.3 is 28.2 Å². The number of rotatable bonds is 0. The van der Waals surface area contributed by atoms with E-state index in [9.17, 15) is 0 Å². The van der Waals surface area contributed by atoms with Crippen LogP contribution >= 0.6 is 0 Å². The summed E-state index contributed by atoms with van der Waals surface area (Å²) in [5, 5.41) is 0. The van der Waals surface area contributed by atoms with Crippen LogP contribution in [0.15, 0.2) is 0 Å². The van der Waals surface area contributed by atoms with Crippen molar-refractivity contribution >= 4 is 0 Å². The third-order valence-electron chi connectivity index (χ3n) is 0. The van der Waals surface area contributed by atoms with Crippen LogP contribution in [0, 0.1) is 82.5 Å². The molecular formula is F6LaYb. The summed E-state index contributed by atoms with van der Waals surface area (Å²) in [5.41, 5.74) is 0. The maximum Gasteiger partial charge on any atom is 3.00 e. The van der Waals surface area contributed by atoms with Crippen molar-refractivity contribution in [3.05, 3.63) is 0 Å². The van der Waals surface area contributed by atoms with E-state index < -0.39 is 0 Å². The van der Waals surface area contributed by atoms with Gasteiger partial charge in [0.05, 0.1) is 0 Å². The number of hydrogen-bond donors (Lipinski definition) is 0. The average molecular weight is 426 g/mol. The molecule has 0 saturated heterocycles. The Balaban J connectivity index is 0. The molecule has 8 heteroatoms. The molecule has 0 aromatic rings. The summed E-state index contributed by atoms with van der Waals surface area (Å²) in [6.07, 6.45) is 0. The first-order valence-corrected chi connectivity index (χ1v) is 0. The molecule has 0 amide bonds. The summed E-state index contributed by atoms with van der Waals surface area (Å²) >= 11 is 0. The van der Waals surface area contributed by atoms with Crippen LogP contribution in [0.4, 0.5) is 0 Å². The van der Waals surface area contributed by atoms with Crippen LogP contribution in [-0.4, -0.2) is 0 Å². The molecule has 0 heterocycles. The summed E-state index contributed by atoms with van der Waals surface area (Å²) in [7, 11) is 0. The van der Waals surface area contributed by atoms with Crippen molar-refractivity contribution in [3.63, 3.8) is 0 Å². The topological polar surface area (TPSA) is 0 Å². The maximum atomic E-state index is 0. The molecule has 0 rings (SSSR count). The Bertz CT molecular complexity index is 8.49. The van der Waals surface area contributed by atoms with Crippen molar-refractivity contribution in [2.45, 2.75) is 0 Å². The molecule has 0 saturated carbocycles. The molecule has 0 N–H and O–H groups in total. The van der Waals surface area contributed by atoms with Gasteiger partial charge in [0.15, 0.2) is 0 Å². The molecule has 0 aliphatic heterocycles. The summed E-state index contributed by atoms with van der Waals surface area (Å²) < 4.78 is 0. The van der Waals surface area contributed by atoms with Crippen LogP contribution in [0.2, 0.25) is 0 Å². The fourth-order valence-electron chi connectivity index (χ4n) is 0. The van der Waals surface area contributed by atoms with Gasteiger partial charge in [-0.1, -0.05) is 0 Å². The van der Waals surface area contributed by atoms with Gasteiger partial charge in [0.1, 0.15) is 0 Å². The van der Waals surface area contributed by atoms with Crippen LogP contribution in [0.3, 0.4) is 0 Å². The van der Waals surface area contributed by atoms with Gasteiger partial charge in [-0.3, -0.25) is 0 Å². The van der Waals surface area contributed by atoms with Crippen molar-refractivity contribution in [2.75, 3.05) is 0 Å². The van der Waals surface area contributed by atoms with Crippen LogP contribution in [-0.2, 0) is 0 Å². The van der Waals surface area contributed by atoms with Crippen LogP contribution in [0.5, 0.6) is 0 Å². The predicted octanol–water partition coefficient (Wildman–Crippen LogP) is -18.0. The zero-order valence-corrected chi connectivity index (χ0v) is 8.45. The van der Waals surface area contributed by atoms with Crippen LogP contribution in [0.1, 0.15) is 0 Å². The van der Waals surface area contributed by atoms with E-state index in [1.807, 2.05) is 0 Å². The summed E-state index contributed by atoms with van der Waals surface area (Å²) in [6.45, 7) is 0. The normalized spacial score (nSPS) is 0. The quantitative estimate of drug-likeness (QED) is 0.338. The minimum atomic E-state index is 0. The van der Waals surface area contributed by atoms with Gasteiger partial charge >= 0.3 is 82.5 Å². The van der Waals surface area contributed by atoms with Gasteiger partial charge in [0, 0.05) is 0 Å².